The van der Waals surface area contributed by atoms with Gasteiger partial charge < -0.3 is 15.9 Å². The zero-order valence-corrected chi connectivity index (χ0v) is 7.36. The summed E-state index contributed by atoms with van der Waals surface area (Å²) in [6.45, 7) is -0.448. The van der Waals surface area contributed by atoms with E-state index in [9.17, 15) is 8.42 Å². The molecule has 0 fully saturated rings. The summed E-state index contributed by atoms with van der Waals surface area (Å²) in [5.74, 6) is 0. The van der Waals surface area contributed by atoms with Crippen LogP contribution in [0.15, 0.2) is 0 Å². The van der Waals surface area contributed by atoms with Gasteiger partial charge in [-0.1, -0.05) is 0 Å². The number of hydrogen-bond acceptors (Lipinski definition) is 6. The monoisotopic (exact) mass is 203 g/mol. The molecule has 0 saturated heterocycles. The smallest absolute Gasteiger partial charge is 0.368 e. The first-order chi connectivity index (χ1) is 5.42. The molecule has 0 atom stereocenters. The highest BCUT2D eigenvalue weighted by molar-refractivity contribution is 7.80. The molecular weight excluding hydrogens is 190 g/mol. The van der Waals surface area contributed by atoms with Crippen LogP contribution in [0, 0.1) is 0 Å². The van der Waals surface area contributed by atoms with Crippen LogP contribution < -0.4 is 5.73 Å². The Labute approximate surface area is 70.7 Å². The Morgan fingerprint density at radius 2 is 1.83 bits per heavy atom. The molecular formula is C4H13NO6S. The molecule has 0 heterocycles. The van der Waals surface area contributed by atoms with Gasteiger partial charge in [0.2, 0.25) is 0 Å². The quantitative estimate of drug-likeness (QED) is 0.309. The molecule has 0 aromatic rings. The predicted molar refractivity (Wildman–Crippen MR) is 40.5 cm³/mol. The van der Waals surface area contributed by atoms with E-state index in [1.807, 2.05) is 0 Å². The number of rotatable bonds is 4. The van der Waals surface area contributed by atoms with Crippen LogP contribution in [0.25, 0.3) is 0 Å². The molecule has 76 valence electrons. The lowest BCUT2D eigenvalue weighted by molar-refractivity contribution is -0.0520. The summed E-state index contributed by atoms with van der Waals surface area (Å²) in [5.41, 5.74) is 4.50. The van der Waals surface area contributed by atoms with Crippen molar-refractivity contribution in [2.45, 2.75) is 12.7 Å². The number of aliphatic hydroxyl groups is 2. The van der Waals surface area contributed by atoms with Gasteiger partial charge in [-0.25, -0.2) is 4.18 Å². The van der Waals surface area contributed by atoms with Crippen LogP contribution in [0.3, 0.4) is 0 Å². The number of hydrogen-bond donors (Lipinski definition) is 4. The zero-order chi connectivity index (χ0) is 10.2. The molecule has 5 N–H and O–H groups in total. The molecule has 0 aromatic carbocycles. The topological polar surface area (TPSA) is 130 Å². The van der Waals surface area contributed by atoms with Crippen LogP contribution in [-0.4, -0.2) is 43.1 Å². The fourth-order valence-corrected chi connectivity index (χ4v) is 0.566. The van der Waals surface area contributed by atoms with Gasteiger partial charge in [-0.05, 0) is 7.05 Å². The normalized spacial score (nSPS) is 10.8. The maximum absolute atomic E-state index is 9.78. The fraction of sp³-hybridized carbons (Fsp3) is 1.00. The predicted octanol–water partition coefficient (Wildman–Crippen LogP) is -1.92. The second kappa shape index (κ2) is 7.40. The molecule has 0 unspecified atom stereocenters. The molecule has 0 saturated carbocycles. The summed E-state index contributed by atoms with van der Waals surface area (Å²) in [6, 6.07) is 0. The summed E-state index contributed by atoms with van der Waals surface area (Å²) in [5, 5.41) is 16.3. The molecule has 0 aliphatic rings. The SMILES string of the molecule is CN.O=S(=O)(O)OCCC(O)O. The minimum atomic E-state index is -4.44. The summed E-state index contributed by atoms with van der Waals surface area (Å²) < 4.78 is 31.2. The van der Waals surface area contributed by atoms with Crippen molar-refractivity contribution >= 4 is 10.4 Å². The van der Waals surface area contributed by atoms with E-state index in [-0.39, 0.29) is 6.42 Å². The van der Waals surface area contributed by atoms with Gasteiger partial charge in [0.15, 0.2) is 6.29 Å². The molecule has 12 heavy (non-hydrogen) atoms. The van der Waals surface area contributed by atoms with Crippen LogP contribution in [0.5, 0.6) is 0 Å². The van der Waals surface area contributed by atoms with Gasteiger partial charge in [0, 0.05) is 6.42 Å². The molecule has 0 aliphatic heterocycles. The maximum atomic E-state index is 9.78. The van der Waals surface area contributed by atoms with Crippen molar-refractivity contribution in [2.75, 3.05) is 13.7 Å². The Morgan fingerprint density at radius 3 is 2.08 bits per heavy atom. The van der Waals surface area contributed by atoms with Crippen molar-refractivity contribution in [1.29, 1.82) is 0 Å². The third-order valence-corrected chi connectivity index (χ3v) is 1.07. The first kappa shape index (κ1) is 14.3. The van der Waals surface area contributed by atoms with Gasteiger partial charge in [0.25, 0.3) is 0 Å². The first-order valence-electron chi connectivity index (χ1n) is 2.97. The van der Waals surface area contributed by atoms with Crippen molar-refractivity contribution < 1.29 is 27.4 Å². The van der Waals surface area contributed by atoms with Gasteiger partial charge in [0.05, 0.1) is 6.61 Å². The Kier molecular flexibility index (Phi) is 8.81. The minimum Gasteiger partial charge on any atom is -0.368 e. The Hall–Kier alpha value is -0.250. The second-order valence-corrected chi connectivity index (χ2v) is 2.61. The standard InChI is InChI=1S/C3H8O6S.CH5N/c4-3(5)1-2-9-10(6,7)8;1-2/h3-5H,1-2H2,(H,6,7,8);2H2,1H3. The van der Waals surface area contributed by atoms with E-state index < -0.39 is 23.3 Å². The van der Waals surface area contributed by atoms with E-state index in [1.54, 1.807) is 0 Å². The molecule has 0 aliphatic carbocycles. The molecule has 0 amide bonds. The van der Waals surface area contributed by atoms with E-state index in [4.69, 9.17) is 14.8 Å². The lowest BCUT2D eigenvalue weighted by Crippen LogP contribution is -2.12. The van der Waals surface area contributed by atoms with Crippen molar-refractivity contribution in [3.8, 4) is 0 Å². The third kappa shape index (κ3) is 16.4. The van der Waals surface area contributed by atoms with Crippen molar-refractivity contribution in [1.82, 2.24) is 0 Å². The van der Waals surface area contributed by atoms with E-state index in [0.717, 1.165) is 0 Å². The molecule has 0 bridgehead atoms. The van der Waals surface area contributed by atoms with Gasteiger partial charge in [0.1, 0.15) is 0 Å². The summed E-state index contributed by atoms with van der Waals surface area (Å²) >= 11 is 0. The van der Waals surface area contributed by atoms with Crippen LogP contribution in [0.1, 0.15) is 6.42 Å². The van der Waals surface area contributed by atoms with E-state index >= 15 is 0 Å². The number of nitrogens with two attached hydrogens (primary N) is 1. The highest BCUT2D eigenvalue weighted by atomic mass is 32.3. The highest BCUT2D eigenvalue weighted by Crippen LogP contribution is 1.91. The molecule has 0 aromatic heterocycles. The molecule has 8 heteroatoms. The fourth-order valence-electron chi connectivity index (χ4n) is 0.259. The molecule has 0 radical (unpaired) electrons. The van der Waals surface area contributed by atoms with E-state index in [0.29, 0.717) is 0 Å². The van der Waals surface area contributed by atoms with Gasteiger partial charge >= 0.3 is 10.4 Å². The minimum absolute atomic E-state index is 0.264. The summed E-state index contributed by atoms with van der Waals surface area (Å²) in [4.78, 5) is 0. The second-order valence-electron chi connectivity index (χ2n) is 1.52. The zero-order valence-electron chi connectivity index (χ0n) is 6.54. The molecule has 0 rings (SSSR count). The van der Waals surface area contributed by atoms with Crippen molar-refractivity contribution in [3.63, 3.8) is 0 Å². The largest absolute Gasteiger partial charge is 0.397 e. The van der Waals surface area contributed by atoms with E-state index in [1.165, 1.54) is 7.05 Å². The van der Waals surface area contributed by atoms with Gasteiger partial charge in [-0.15, -0.1) is 0 Å². The van der Waals surface area contributed by atoms with Crippen LogP contribution in [0.4, 0.5) is 0 Å². The van der Waals surface area contributed by atoms with E-state index in [2.05, 4.69) is 9.92 Å². The third-order valence-electron chi connectivity index (χ3n) is 0.608. The van der Waals surface area contributed by atoms with Crippen LogP contribution >= 0.6 is 0 Å². The lowest BCUT2D eigenvalue weighted by Gasteiger charge is -2.00. The number of aliphatic hydroxyl groups excluding tert-OH is 1. The highest BCUT2D eigenvalue weighted by Gasteiger charge is 2.05. The molecule has 7 nitrogen and oxygen atoms in total. The van der Waals surface area contributed by atoms with Gasteiger partial charge in [-0.3, -0.25) is 4.55 Å². The Morgan fingerprint density at radius 1 is 1.42 bits per heavy atom. The van der Waals surface area contributed by atoms with Crippen LogP contribution in [0.2, 0.25) is 0 Å². The summed E-state index contributed by atoms with van der Waals surface area (Å²) in [7, 11) is -2.94. The Bertz CT molecular complexity index is 176. The van der Waals surface area contributed by atoms with Crippen molar-refractivity contribution in [3.05, 3.63) is 0 Å². The maximum Gasteiger partial charge on any atom is 0.397 e. The first-order valence-corrected chi connectivity index (χ1v) is 4.34. The summed E-state index contributed by atoms with van der Waals surface area (Å²) in [6.07, 6.45) is -1.89. The van der Waals surface area contributed by atoms with Crippen LogP contribution in [-0.2, 0) is 14.6 Å². The molecule has 0 spiro atoms. The lowest BCUT2D eigenvalue weighted by atomic mass is 10.5. The van der Waals surface area contributed by atoms with Crippen molar-refractivity contribution in [2.24, 2.45) is 5.73 Å². The van der Waals surface area contributed by atoms with Gasteiger partial charge in [-0.2, -0.15) is 8.42 Å². The average molecular weight is 203 g/mol. The Balaban J connectivity index is 0. The average Bonchev–Trinajstić information content (AvgIpc) is 1.88.